The third-order valence-corrected chi connectivity index (χ3v) is 6.06. The Morgan fingerprint density at radius 1 is 1.29 bits per heavy atom. The molecule has 1 aliphatic heterocycles. The van der Waals surface area contributed by atoms with Gasteiger partial charge in [-0.15, -0.1) is 0 Å². The highest BCUT2D eigenvalue weighted by molar-refractivity contribution is 6.09. The number of ether oxygens (including phenoxy) is 1. The second-order valence-electron chi connectivity index (χ2n) is 7.70. The van der Waals surface area contributed by atoms with Crippen molar-refractivity contribution in [1.82, 2.24) is 15.1 Å². The number of hydrogen-bond acceptors (Lipinski definition) is 4. The van der Waals surface area contributed by atoms with Crippen molar-refractivity contribution in [2.24, 2.45) is 5.92 Å². The molecule has 2 aliphatic rings. The van der Waals surface area contributed by atoms with Gasteiger partial charge in [0.1, 0.15) is 17.8 Å². The summed E-state index contributed by atoms with van der Waals surface area (Å²) in [5.74, 6) is 0.351. The minimum absolute atomic E-state index is 0.0828. The molecule has 28 heavy (non-hydrogen) atoms. The number of imide groups is 1. The highest BCUT2D eigenvalue weighted by Crippen LogP contribution is 2.38. The number of rotatable bonds is 6. The molecule has 2 fully saturated rings. The van der Waals surface area contributed by atoms with Gasteiger partial charge in [0.05, 0.1) is 7.11 Å². The van der Waals surface area contributed by atoms with Gasteiger partial charge in [0.15, 0.2) is 0 Å². The Balaban J connectivity index is 1.68. The Morgan fingerprint density at radius 3 is 2.61 bits per heavy atom. The van der Waals surface area contributed by atoms with Gasteiger partial charge in [-0.3, -0.25) is 14.5 Å². The molecular formula is C21H29N3O4. The van der Waals surface area contributed by atoms with Crippen LogP contribution >= 0.6 is 0 Å². The Hall–Kier alpha value is -2.57. The number of amides is 4. The molecule has 7 nitrogen and oxygen atoms in total. The monoisotopic (exact) mass is 387 g/mol. The molecule has 7 heteroatoms. The van der Waals surface area contributed by atoms with Crippen molar-refractivity contribution >= 4 is 17.8 Å². The second kappa shape index (κ2) is 8.20. The maximum absolute atomic E-state index is 13.0. The summed E-state index contributed by atoms with van der Waals surface area (Å²) in [4.78, 5) is 41.1. The third kappa shape index (κ3) is 3.70. The van der Waals surface area contributed by atoms with Crippen molar-refractivity contribution in [2.45, 2.75) is 51.6 Å². The topological polar surface area (TPSA) is 79.0 Å². The van der Waals surface area contributed by atoms with Crippen LogP contribution in [-0.4, -0.2) is 53.4 Å². The van der Waals surface area contributed by atoms with Gasteiger partial charge in [-0.25, -0.2) is 4.79 Å². The highest BCUT2D eigenvalue weighted by Gasteiger charge is 2.55. The van der Waals surface area contributed by atoms with E-state index in [1.54, 1.807) is 12.0 Å². The van der Waals surface area contributed by atoms with E-state index in [4.69, 9.17) is 4.74 Å². The molecule has 0 bridgehead atoms. The van der Waals surface area contributed by atoms with Crippen molar-refractivity contribution in [1.29, 1.82) is 0 Å². The number of nitrogens with one attached hydrogen (secondary N) is 1. The smallest absolute Gasteiger partial charge is 0.325 e. The Bertz CT molecular complexity index is 749. The predicted molar refractivity (Wildman–Crippen MR) is 105 cm³/mol. The van der Waals surface area contributed by atoms with Gasteiger partial charge in [0.2, 0.25) is 5.91 Å². The predicted octanol–water partition coefficient (Wildman–Crippen LogP) is 2.54. The van der Waals surface area contributed by atoms with Crippen LogP contribution < -0.4 is 10.1 Å². The molecule has 1 aromatic carbocycles. The highest BCUT2D eigenvalue weighted by atomic mass is 16.5. The zero-order valence-corrected chi connectivity index (χ0v) is 16.9. The Morgan fingerprint density at radius 2 is 2.00 bits per heavy atom. The molecule has 1 spiro atoms. The number of hydrogen-bond donors (Lipinski definition) is 1. The summed E-state index contributed by atoms with van der Waals surface area (Å²) >= 11 is 0. The maximum atomic E-state index is 13.0. The standard InChI is InChI=1S/C21H29N3O4/c1-4-23(13-16-8-10-17(28-3)11-9-16)18(25)14-24-19(26)21(22-20(24)27)12-6-5-7-15(21)2/h8-11,15H,4-7,12-14H2,1-3H3,(H,22,27). The van der Waals surface area contributed by atoms with Crippen LogP contribution in [0.15, 0.2) is 24.3 Å². The van der Waals surface area contributed by atoms with Crippen LogP contribution in [0.4, 0.5) is 4.79 Å². The summed E-state index contributed by atoms with van der Waals surface area (Å²) < 4.78 is 5.15. The molecule has 1 aliphatic carbocycles. The lowest BCUT2D eigenvalue weighted by molar-refractivity contribution is -0.140. The first-order valence-electron chi connectivity index (χ1n) is 9.96. The van der Waals surface area contributed by atoms with Gasteiger partial charge in [0.25, 0.3) is 5.91 Å². The average molecular weight is 387 g/mol. The summed E-state index contributed by atoms with van der Waals surface area (Å²) in [6.07, 6.45) is 3.53. The fraction of sp³-hybridized carbons (Fsp3) is 0.571. The molecule has 1 N–H and O–H groups in total. The quantitative estimate of drug-likeness (QED) is 0.761. The van der Waals surface area contributed by atoms with Crippen molar-refractivity contribution in [3.8, 4) is 5.75 Å². The van der Waals surface area contributed by atoms with E-state index in [-0.39, 0.29) is 24.3 Å². The maximum Gasteiger partial charge on any atom is 0.325 e. The van der Waals surface area contributed by atoms with Crippen LogP contribution in [0.3, 0.4) is 0 Å². The molecule has 1 saturated heterocycles. The second-order valence-corrected chi connectivity index (χ2v) is 7.70. The average Bonchev–Trinajstić information content (AvgIpc) is 2.93. The van der Waals surface area contributed by atoms with Crippen LogP contribution in [0.1, 0.15) is 45.1 Å². The van der Waals surface area contributed by atoms with Gasteiger partial charge >= 0.3 is 6.03 Å². The van der Waals surface area contributed by atoms with Gasteiger partial charge in [-0.2, -0.15) is 0 Å². The third-order valence-electron chi connectivity index (χ3n) is 6.06. The fourth-order valence-electron chi connectivity index (χ4n) is 4.20. The van der Waals surface area contributed by atoms with E-state index in [0.717, 1.165) is 35.5 Å². The molecule has 152 valence electrons. The first-order chi connectivity index (χ1) is 13.4. The number of carbonyl (C=O) groups is 3. The Kier molecular flexibility index (Phi) is 5.91. The minimum Gasteiger partial charge on any atom is -0.497 e. The number of benzene rings is 1. The van der Waals surface area contributed by atoms with Gasteiger partial charge in [-0.1, -0.05) is 31.9 Å². The van der Waals surface area contributed by atoms with Crippen molar-refractivity contribution < 1.29 is 19.1 Å². The zero-order chi connectivity index (χ0) is 20.3. The lowest BCUT2D eigenvalue weighted by atomic mass is 9.73. The van der Waals surface area contributed by atoms with Gasteiger partial charge in [-0.05, 0) is 43.4 Å². The van der Waals surface area contributed by atoms with Crippen LogP contribution in [0, 0.1) is 5.92 Å². The largest absolute Gasteiger partial charge is 0.497 e. The summed E-state index contributed by atoms with van der Waals surface area (Å²) in [5, 5.41) is 2.90. The molecule has 0 aromatic heterocycles. The number of urea groups is 1. The van der Waals surface area contributed by atoms with E-state index in [0.29, 0.717) is 19.5 Å². The van der Waals surface area contributed by atoms with Gasteiger partial charge in [0, 0.05) is 13.1 Å². The fourth-order valence-corrected chi connectivity index (χ4v) is 4.20. The minimum atomic E-state index is -0.831. The lowest BCUT2D eigenvalue weighted by Gasteiger charge is -2.36. The molecule has 0 radical (unpaired) electrons. The van der Waals surface area contributed by atoms with Crippen LogP contribution in [0.5, 0.6) is 5.75 Å². The molecular weight excluding hydrogens is 358 g/mol. The van der Waals surface area contributed by atoms with Crippen LogP contribution in [0.2, 0.25) is 0 Å². The van der Waals surface area contributed by atoms with E-state index in [1.807, 2.05) is 38.1 Å². The summed E-state index contributed by atoms with van der Waals surface area (Å²) in [7, 11) is 1.61. The van der Waals surface area contributed by atoms with Crippen LogP contribution in [-0.2, 0) is 16.1 Å². The van der Waals surface area contributed by atoms with Crippen molar-refractivity contribution in [3.05, 3.63) is 29.8 Å². The Labute approximate surface area is 166 Å². The zero-order valence-electron chi connectivity index (χ0n) is 16.9. The number of carbonyl (C=O) groups excluding carboxylic acids is 3. The number of likely N-dealkylation sites (N-methyl/N-ethyl adjacent to an activating group) is 1. The SMILES string of the molecule is CCN(Cc1ccc(OC)cc1)C(=O)CN1C(=O)NC2(CCCCC2C)C1=O. The summed E-state index contributed by atoms with van der Waals surface area (Å²) in [6, 6.07) is 7.05. The molecule has 1 heterocycles. The molecule has 2 unspecified atom stereocenters. The summed E-state index contributed by atoms with van der Waals surface area (Å²) in [5.41, 5.74) is 0.133. The van der Waals surface area contributed by atoms with Crippen LogP contribution in [0.25, 0.3) is 0 Å². The first-order valence-corrected chi connectivity index (χ1v) is 9.96. The molecule has 1 aromatic rings. The van der Waals surface area contributed by atoms with E-state index in [9.17, 15) is 14.4 Å². The van der Waals surface area contributed by atoms with E-state index in [1.165, 1.54) is 0 Å². The molecule has 4 amide bonds. The van der Waals surface area contributed by atoms with Crippen molar-refractivity contribution in [3.63, 3.8) is 0 Å². The normalized spacial score (nSPS) is 24.4. The first kappa shape index (κ1) is 20.2. The molecule has 2 atom stereocenters. The molecule has 3 rings (SSSR count). The number of nitrogens with zero attached hydrogens (tertiary/aromatic N) is 2. The van der Waals surface area contributed by atoms with Crippen molar-refractivity contribution in [2.75, 3.05) is 20.2 Å². The van der Waals surface area contributed by atoms with Gasteiger partial charge < -0.3 is 15.0 Å². The molecule has 1 saturated carbocycles. The lowest BCUT2D eigenvalue weighted by Crippen LogP contribution is -2.54. The van der Waals surface area contributed by atoms with E-state index < -0.39 is 11.6 Å². The summed E-state index contributed by atoms with van der Waals surface area (Å²) in [6.45, 7) is 4.59. The van der Waals surface area contributed by atoms with E-state index in [2.05, 4.69) is 5.32 Å². The number of methoxy groups -OCH3 is 1. The van der Waals surface area contributed by atoms with E-state index >= 15 is 0 Å².